The van der Waals surface area contributed by atoms with Crippen molar-refractivity contribution in [2.45, 2.75) is 6.92 Å². The van der Waals surface area contributed by atoms with Crippen LogP contribution in [-0.4, -0.2) is 35.6 Å². The van der Waals surface area contributed by atoms with Crippen LogP contribution in [0.1, 0.15) is 12.5 Å². The van der Waals surface area contributed by atoms with Gasteiger partial charge in [-0.2, -0.15) is 0 Å². The third kappa shape index (κ3) is 3.19. The molecule has 3 aromatic carbocycles. The van der Waals surface area contributed by atoms with Crippen LogP contribution in [0.4, 0.5) is 11.4 Å². The summed E-state index contributed by atoms with van der Waals surface area (Å²) in [5, 5.41) is 4.59. The molecule has 1 aromatic heterocycles. The number of fused-ring (bicyclic) bond motifs is 4. The van der Waals surface area contributed by atoms with E-state index in [1.54, 1.807) is 31.2 Å². The molecular formula is C25H22N2O6S. The fourth-order valence-corrected chi connectivity index (χ4v) is 5.76. The number of methoxy groups -OCH3 is 2. The Bertz CT molecular complexity index is 1620. The van der Waals surface area contributed by atoms with Gasteiger partial charge in [0.1, 0.15) is 11.2 Å². The van der Waals surface area contributed by atoms with E-state index >= 15 is 0 Å². The number of ether oxygens (including phenoxy) is 2. The molecular weight excluding hydrogens is 456 g/mol. The normalized spacial score (nSPS) is 14.9. The number of anilines is 2. The highest BCUT2D eigenvalue weighted by Gasteiger charge is 2.38. The first-order valence-corrected chi connectivity index (χ1v) is 11.9. The highest BCUT2D eigenvalue weighted by Crippen LogP contribution is 2.44. The van der Waals surface area contributed by atoms with Crippen LogP contribution in [0.15, 0.2) is 63.9 Å². The summed E-state index contributed by atoms with van der Waals surface area (Å²) in [6.07, 6.45) is 0. The van der Waals surface area contributed by atoms with Crippen molar-refractivity contribution in [1.29, 1.82) is 0 Å². The predicted molar refractivity (Wildman–Crippen MR) is 132 cm³/mol. The number of carbonyl (C=O) groups is 1. The number of benzene rings is 3. The number of hydrogen-bond acceptors (Lipinski definition) is 6. The third-order valence-corrected chi connectivity index (χ3v) is 7.97. The molecule has 0 bridgehead atoms. The van der Waals surface area contributed by atoms with Gasteiger partial charge in [-0.1, -0.05) is 18.2 Å². The Morgan fingerprint density at radius 1 is 0.941 bits per heavy atom. The van der Waals surface area contributed by atoms with Crippen LogP contribution in [0.25, 0.3) is 27.5 Å². The number of amides is 1. The summed E-state index contributed by atoms with van der Waals surface area (Å²) >= 11 is 0. The maximum absolute atomic E-state index is 13.3. The van der Waals surface area contributed by atoms with E-state index in [9.17, 15) is 13.2 Å². The second kappa shape index (κ2) is 7.81. The molecule has 34 heavy (non-hydrogen) atoms. The Balaban J connectivity index is 1.58. The Hall–Kier alpha value is -3.98. The van der Waals surface area contributed by atoms with Gasteiger partial charge in [-0.25, -0.2) is 8.42 Å². The van der Waals surface area contributed by atoms with Crippen LogP contribution >= 0.6 is 0 Å². The molecule has 1 aliphatic rings. The summed E-state index contributed by atoms with van der Waals surface area (Å²) in [4.78, 5) is 12.9. The smallest absolute Gasteiger partial charge is 0.269 e. The zero-order valence-corrected chi connectivity index (χ0v) is 19.8. The first kappa shape index (κ1) is 21.8. The lowest BCUT2D eigenvalue weighted by Crippen LogP contribution is -2.36. The Kier molecular flexibility index (Phi) is 5.02. The summed E-state index contributed by atoms with van der Waals surface area (Å²) < 4.78 is 44.3. The largest absolute Gasteiger partial charge is 0.493 e. The van der Waals surface area contributed by atoms with Crippen LogP contribution in [0.3, 0.4) is 0 Å². The number of allylic oxidation sites excluding steroid dienone is 1. The van der Waals surface area contributed by atoms with Crippen molar-refractivity contribution in [3.63, 3.8) is 0 Å². The minimum atomic E-state index is -4.11. The molecule has 1 N–H and O–H groups in total. The maximum atomic E-state index is 13.3. The van der Waals surface area contributed by atoms with E-state index in [4.69, 9.17) is 13.9 Å². The van der Waals surface area contributed by atoms with Gasteiger partial charge in [-0.15, -0.1) is 0 Å². The molecule has 0 atom stereocenters. The fraction of sp³-hybridized carbons (Fsp3) is 0.160. The van der Waals surface area contributed by atoms with Crippen molar-refractivity contribution in [3.05, 3.63) is 65.1 Å². The van der Waals surface area contributed by atoms with E-state index in [1.165, 1.54) is 21.3 Å². The number of nitrogens with zero attached hydrogens (tertiary/aromatic N) is 1. The molecule has 0 aliphatic carbocycles. The summed E-state index contributed by atoms with van der Waals surface area (Å²) in [6.45, 7) is 1.60. The van der Waals surface area contributed by atoms with Crippen molar-refractivity contribution < 1.29 is 27.1 Å². The molecule has 0 saturated heterocycles. The van der Waals surface area contributed by atoms with E-state index in [0.717, 1.165) is 20.7 Å². The number of hydrogen-bond donors (Lipinski definition) is 1. The van der Waals surface area contributed by atoms with Gasteiger partial charge < -0.3 is 19.2 Å². The molecule has 174 valence electrons. The van der Waals surface area contributed by atoms with E-state index in [1.807, 2.05) is 30.3 Å². The molecule has 0 saturated carbocycles. The van der Waals surface area contributed by atoms with Crippen LogP contribution in [0, 0.1) is 0 Å². The van der Waals surface area contributed by atoms with Crippen LogP contribution < -0.4 is 19.1 Å². The Morgan fingerprint density at radius 2 is 1.62 bits per heavy atom. The zero-order chi connectivity index (χ0) is 24.2. The SMILES string of the molecule is COc1cc2c(cc1OC)N(C)S(=O)(=O)C(C(=O)Nc1ccc3c(c1)oc1ccccc13)=C2C. The van der Waals surface area contributed by atoms with Gasteiger partial charge in [0, 0.05) is 41.2 Å². The van der Waals surface area contributed by atoms with Gasteiger partial charge in [-0.05, 0) is 36.8 Å². The minimum absolute atomic E-state index is 0.316. The second-order valence-corrected chi connectivity index (χ2v) is 9.82. The van der Waals surface area contributed by atoms with Crippen LogP contribution in [-0.2, 0) is 14.8 Å². The van der Waals surface area contributed by atoms with Gasteiger partial charge in [0.05, 0.1) is 19.9 Å². The molecule has 4 aromatic rings. The molecule has 0 fully saturated rings. The number of sulfonamides is 1. The van der Waals surface area contributed by atoms with Crippen LogP contribution in [0.5, 0.6) is 11.5 Å². The molecule has 0 spiro atoms. The lowest BCUT2D eigenvalue weighted by atomic mass is 10.0. The van der Waals surface area contributed by atoms with Crippen molar-refractivity contribution in [2.75, 3.05) is 30.9 Å². The summed E-state index contributed by atoms with van der Waals surface area (Å²) in [7, 11) is 0.261. The first-order valence-electron chi connectivity index (χ1n) is 10.4. The van der Waals surface area contributed by atoms with E-state index in [-0.39, 0.29) is 4.91 Å². The van der Waals surface area contributed by atoms with Crippen molar-refractivity contribution in [1.82, 2.24) is 0 Å². The molecule has 2 heterocycles. The van der Waals surface area contributed by atoms with Gasteiger partial charge in [0.2, 0.25) is 0 Å². The summed E-state index contributed by atoms with van der Waals surface area (Å²) in [5.74, 6) is 0.0896. The average molecular weight is 479 g/mol. The van der Waals surface area contributed by atoms with E-state index < -0.39 is 15.9 Å². The molecule has 5 rings (SSSR count). The van der Waals surface area contributed by atoms with Crippen molar-refractivity contribution in [2.24, 2.45) is 0 Å². The maximum Gasteiger partial charge on any atom is 0.269 e. The monoisotopic (exact) mass is 478 g/mol. The molecule has 1 amide bonds. The molecule has 0 radical (unpaired) electrons. The fourth-order valence-electron chi connectivity index (χ4n) is 4.29. The highest BCUT2D eigenvalue weighted by molar-refractivity contribution is 7.97. The van der Waals surface area contributed by atoms with Crippen molar-refractivity contribution in [3.8, 4) is 11.5 Å². The van der Waals surface area contributed by atoms with E-state index in [0.29, 0.717) is 39.6 Å². The third-order valence-electron chi connectivity index (χ3n) is 6.05. The number of nitrogens with one attached hydrogen (secondary N) is 1. The Morgan fingerprint density at radius 3 is 2.35 bits per heavy atom. The average Bonchev–Trinajstić information content (AvgIpc) is 3.19. The molecule has 8 nitrogen and oxygen atoms in total. The number of para-hydroxylation sites is 1. The predicted octanol–water partition coefficient (Wildman–Crippen LogP) is 4.75. The number of rotatable bonds is 4. The quantitative estimate of drug-likeness (QED) is 0.454. The molecule has 1 aliphatic heterocycles. The molecule has 0 unspecified atom stereocenters. The first-order chi connectivity index (χ1) is 16.3. The van der Waals surface area contributed by atoms with Gasteiger partial charge in [0.25, 0.3) is 15.9 Å². The van der Waals surface area contributed by atoms with Crippen LogP contribution in [0.2, 0.25) is 0 Å². The summed E-state index contributed by atoms with van der Waals surface area (Å²) in [6, 6.07) is 16.1. The lowest BCUT2D eigenvalue weighted by molar-refractivity contribution is -0.112. The van der Waals surface area contributed by atoms with Gasteiger partial charge in [-0.3, -0.25) is 9.10 Å². The minimum Gasteiger partial charge on any atom is -0.493 e. The highest BCUT2D eigenvalue weighted by atomic mass is 32.2. The topological polar surface area (TPSA) is 98.1 Å². The van der Waals surface area contributed by atoms with Gasteiger partial charge >= 0.3 is 0 Å². The van der Waals surface area contributed by atoms with Gasteiger partial charge in [0.15, 0.2) is 16.4 Å². The molecule has 9 heteroatoms. The standard InChI is InChI=1S/C25H22N2O6S/c1-14-18-12-22(31-3)23(32-4)13-19(18)27(2)34(29,30)24(14)25(28)26-15-9-10-17-16-7-5-6-8-20(16)33-21(17)11-15/h5-13H,1-4H3,(H,26,28). The Labute approximate surface area is 196 Å². The zero-order valence-electron chi connectivity index (χ0n) is 19.0. The number of furan rings is 1. The number of carbonyl (C=O) groups excluding carboxylic acids is 1. The summed E-state index contributed by atoms with van der Waals surface area (Å²) in [5.41, 5.74) is 3.03. The lowest BCUT2D eigenvalue weighted by Gasteiger charge is -2.30. The second-order valence-electron chi connectivity index (χ2n) is 7.91. The van der Waals surface area contributed by atoms with Crippen molar-refractivity contribution >= 4 is 54.8 Å². The van der Waals surface area contributed by atoms with E-state index in [2.05, 4.69) is 5.32 Å².